The first kappa shape index (κ1) is 16.2. The minimum absolute atomic E-state index is 0.179. The molecule has 0 N–H and O–H groups in total. The van der Waals surface area contributed by atoms with Gasteiger partial charge in [0, 0.05) is 18.3 Å². The molecule has 1 aromatic carbocycles. The largest absolute Gasteiger partial charge is 0.377 e. The molecule has 0 radical (unpaired) electrons. The minimum Gasteiger partial charge on any atom is -0.377 e. The van der Waals surface area contributed by atoms with Crippen LogP contribution in [-0.4, -0.2) is 37.5 Å². The van der Waals surface area contributed by atoms with Crippen LogP contribution in [0, 0.1) is 13.8 Å². The van der Waals surface area contributed by atoms with Crippen LogP contribution in [0.4, 0.5) is 10.1 Å². The topological polar surface area (TPSA) is 25.4 Å². The molecule has 3 nitrogen and oxygen atoms in total. The third kappa shape index (κ3) is 3.92. The van der Waals surface area contributed by atoms with Gasteiger partial charge in [0.25, 0.3) is 0 Å². The molecular formula is C16H23FN2OS. The van der Waals surface area contributed by atoms with Gasteiger partial charge in [0.1, 0.15) is 6.67 Å². The number of hydrogen-bond donors (Lipinski definition) is 0. The molecule has 0 amide bonds. The first-order valence-corrected chi connectivity index (χ1v) is 8.12. The van der Waals surface area contributed by atoms with Crippen molar-refractivity contribution in [1.29, 1.82) is 0 Å². The number of nitrogens with zero attached hydrogens (tertiary/aromatic N) is 2. The monoisotopic (exact) mass is 310 g/mol. The van der Waals surface area contributed by atoms with Crippen molar-refractivity contribution in [3.63, 3.8) is 0 Å². The van der Waals surface area contributed by atoms with E-state index in [2.05, 4.69) is 42.8 Å². The number of rotatable bonds is 7. The number of aryl methyl sites for hydroxylation is 2. The van der Waals surface area contributed by atoms with Crippen molar-refractivity contribution in [2.45, 2.75) is 33.7 Å². The van der Waals surface area contributed by atoms with Crippen LogP contribution in [0.15, 0.2) is 12.1 Å². The maximum Gasteiger partial charge on any atom is 0.113 e. The molecule has 0 saturated carbocycles. The molecule has 116 valence electrons. The first-order chi connectivity index (χ1) is 10.0. The van der Waals surface area contributed by atoms with Gasteiger partial charge in [0.2, 0.25) is 0 Å². The standard InChI is InChI=1S/C16H23FN2OS/c1-11(2)19(6-8-20-7-5-17)15-10-16-14(9-12(15)3)18-13(4)21-16/h9-11H,5-8H2,1-4H3. The lowest BCUT2D eigenvalue weighted by Crippen LogP contribution is -2.34. The van der Waals surface area contributed by atoms with Crippen LogP contribution in [0.3, 0.4) is 0 Å². The summed E-state index contributed by atoms with van der Waals surface area (Å²) in [5.41, 5.74) is 3.49. The van der Waals surface area contributed by atoms with E-state index in [0.717, 1.165) is 17.1 Å². The summed E-state index contributed by atoms with van der Waals surface area (Å²) in [4.78, 5) is 6.85. The van der Waals surface area contributed by atoms with Crippen molar-refractivity contribution in [3.05, 3.63) is 22.7 Å². The average Bonchev–Trinajstić information content (AvgIpc) is 2.77. The number of hydrogen-bond acceptors (Lipinski definition) is 4. The summed E-state index contributed by atoms with van der Waals surface area (Å²) < 4.78 is 18.6. The van der Waals surface area contributed by atoms with Crippen LogP contribution in [0.2, 0.25) is 0 Å². The Morgan fingerprint density at radius 1 is 1.29 bits per heavy atom. The van der Waals surface area contributed by atoms with E-state index in [-0.39, 0.29) is 6.61 Å². The number of halogens is 1. The molecule has 1 aromatic heterocycles. The normalized spacial score (nSPS) is 11.5. The van der Waals surface area contributed by atoms with E-state index in [1.807, 2.05) is 6.92 Å². The van der Waals surface area contributed by atoms with Gasteiger partial charge < -0.3 is 9.64 Å². The molecule has 0 atom stereocenters. The Labute approximate surface area is 129 Å². The molecule has 1 heterocycles. The zero-order valence-electron chi connectivity index (χ0n) is 13.1. The van der Waals surface area contributed by atoms with Crippen molar-refractivity contribution in [2.24, 2.45) is 0 Å². The van der Waals surface area contributed by atoms with E-state index in [4.69, 9.17) is 4.74 Å². The van der Waals surface area contributed by atoms with Crippen LogP contribution in [0.25, 0.3) is 10.2 Å². The molecule has 0 aliphatic carbocycles. The molecule has 0 spiro atoms. The van der Waals surface area contributed by atoms with Crippen LogP contribution in [0.1, 0.15) is 24.4 Å². The van der Waals surface area contributed by atoms with Crippen LogP contribution in [-0.2, 0) is 4.74 Å². The maximum absolute atomic E-state index is 12.1. The van der Waals surface area contributed by atoms with Gasteiger partial charge in [0.15, 0.2) is 0 Å². The number of aromatic nitrogens is 1. The maximum atomic E-state index is 12.1. The molecule has 21 heavy (non-hydrogen) atoms. The Morgan fingerprint density at radius 2 is 2.05 bits per heavy atom. The zero-order chi connectivity index (χ0) is 15.4. The third-order valence-electron chi connectivity index (χ3n) is 3.44. The SMILES string of the molecule is Cc1nc2cc(C)c(N(CCOCCF)C(C)C)cc2s1. The lowest BCUT2D eigenvalue weighted by atomic mass is 10.1. The molecule has 2 aromatic rings. The van der Waals surface area contributed by atoms with Gasteiger partial charge >= 0.3 is 0 Å². The molecule has 0 unspecified atom stereocenters. The minimum atomic E-state index is -0.424. The number of alkyl halides is 1. The van der Waals surface area contributed by atoms with Crippen LogP contribution in [0.5, 0.6) is 0 Å². The second kappa shape index (κ2) is 7.18. The second-order valence-corrected chi connectivity index (χ2v) is 6.66. The van der Waals surface area contributed by atoms with Crippen molar-refractivity contribution in [1.82, 2.24) is 4.98 Å². The van der Waals surface area contributed by atoms with E-state index >= 15 is 0 Å². The summed E-state index contributed by atoms with van der Waals surface area (Å²) in [6.45, 7) is 9.53. The summed E-state index contributed by atoms with van der Waals surface area (Å²) in [6.07, 6.45) is 0. The van der Waals surface area contributed by atoms with Gasteiger partial charge in [-0.3, -0.25) is 0 Å². The lowest BCUT2D eigenvalue weighted by Gasteiger charge is -2.30. The smallest absolute Gasteiger partial charge is 0.113 e. The number of ether oxygens (including phenoxy) is 1. The molecule has 0 aliphatic heterocycles. The van der Waals surface area contributed by atoms with Gasteiger partial charge in [-0.15, -0.1) is 11.3 Å². The Hall–Kier alpha value is -1.20. The van der Waals surface area contributed by atoms with E-state index < -0.39 is 6.67 Å². The highest BCUT2D eigenvalue weighted by molar-refractivity contribution is 7.18. The quantitative estimate of drug-likeness (QED) is 0.720. The lowest BCUT2D eigenvalue weighted by molar-refractivity contribution is 0.123. The van der Waals surface area contributed by atoms with E-state index in [1.54, 1.807) is 11.3 Å². The van der Waals surface area contributed by atoms with Crippen LogP contribution < -0.4 is 4.90 Å². The highest BCUT2D eigenvalue weighted by Gasteiger charge is 2.15. The zero-order valence-corrected chi connectivity index (χ0v) is 14.0. The number of thiazole rings is 1. The molecule has 2 rings (SSSR count). The molecule has 0 aliphatic rings. The first-order valence-electron chi connectivity index (χ1n) is 7.31. The summed E-state index contributed by atoms with van der Waals surface area (Å²) in [7, 11) is 0. The number of anilines is 1. The Kier molecular flexibility index (Phi) is 5.53. The summed E-state index contributed by atoms with van der Waals surface area (Å²) in [6, 6.07) is 4.72. The highest BCUT2D eigenvalue weighted by Crippen LogP contribution is 2.31. The predicted octanol–water partition coefficient (Wildman–Crippen LogP) is 4.11. The summed E-state index contributed by atoms with van der Waals surface area (Å²) in [5, 5.41) is 1.09. The fourth-order valence-electron chi connectivity index (χ4n) is 2.47. The fraction of sp³-hybridized carbons (Fsp3) is 0.562. The molecule has 0 saturated heterocycles. The van der Waals surface area contributed by atoms with Crippen LogP contribution >= 0.6 is 11.3 Å². The van der Waals surface area contributed by atoms with E-state index in [9.17, 15) is 4.39 Å². The van der Waals surface area contributed by atoms with Gasteiger partial charge in [-0.1, -0.05) is 0 Å². The predicted molar refractivity (Wildman–Crippen MR) is 88.4 cm³/mol. The fourth-order valence-corrected chi connectivity index (χ4v) is 3.31. The van der Waals surface area contributed by atoms with Gasteiger partial charge in [-0.25, -0.2) is 9.37 Å². The molecule has 0 fully saturated rings. The van der Waals surface area contributed by atoms with Crippen molar-refractivity contribution >= 4 is 27.2 Å². The van der Waals surface area contributed by atoms with Gasteiger partial charge in [0.05, 0.1) is 28.4 Å². The third-order valence-corrected chi connectivity index (χ3v) is 4.38. The summed E-state index contributed by atoms with van der Waals surface area (Å²) in [5.74, 6) is 0. The number of fused-ring (bicyclic) bond motifs is 1. The highest BCUT2D eigenvalue weighted by atomic mass is 32.1. The van der Waals surface area contributed by atoms with E-state index in [0.29, 0.717) is 12.6 Å². The molecule has 5 heteroatoms. The molecule has 0 bridgehead atoms. The van der Waals surface area contributed by atoms with Crippen molar-refractivity contribution < 1.29 is 9.13 Å². The Morgan fingerprint density at radius 3 is 2.71 bits per heavy atom. The Balaban J connectivity index is 2.24. The van der Waals surface area contributed by atoms with Crippen molar-refractivity contribution in [2.75, 3.05) is 31.3 Å². The Bertz CT molecular complexity index is 597. The second-order valence-electron chi connectivity index (χ2n) is 5.43. The average molecular weight is 310 g/mol. The molecular weight excluding hydrogens is 287 g/mol. The van der Waals surface area contributed by atoms with Crippen molar-refractivity contribution in [3.8, 4) is 0 Å². The van der Waals surface area contributed by atoms with E-state index in [1.165, 1.54) is 16.0 Å². The van der Waals surface area contributed by atoms with Gasteiger partial charge in [-0.05, 0) is 45.4 Å². The number of benzene rings is 1. The summed E-state index contributed by atoms with van der Waals surface area (Å²) >= 11 is 1.72. The van der Waals surface area contributed by atoms with Gasteiger partial charge in [-0.2, -0.15) is 0 Å².